The Balaban J connectivity index is 1.92. The summed E-state index contributed by atoms with van der Waals surface area (Å²) >= 11 is 0. The highest BCUT2D eigenvalue weighted by Gasteiger charge is 2.56. The lowest BCUT2D eigenvalue weighted by Gasteiger charge is -2.07. The Hall–Kier alpha value is -1.28. The van der Waals surface area contributed by atoms with E-state index >= 15 is 0 Å². The summed E-state index contributed by atoms with van der Waals surface area (Å²) in [6, 6.07) is 0. The van der Waals surface area contributed by atoms with E-state index in [1.807, 2.05) is 0 Å². The molecule has 0 aromatic rings. The summed E-state index contributed by atoms with van der Waals surface area (Å²) in [5, 5.41) is 0. The van der Waals surface area contributed by atoms with E-state index in [0.717, 1.165) is 12.6 Å². The van der Waals surface area contributed by atoms with Gasteiger partial charge in [0.15, 0.2) is 0 Å². The lowest BCUT2D eigenvalue weighted by atomic mass is 9.92. The van der Waals surface area contributed by atoms with Crippen molar-refractivity contribution in [1.29, 1.82) is 0 Å². The maximum atomic E-state index is 11.8. The molecule has 0 unspecified atom stereocenters. The number of hydrogen-bond acceptors (Lipinski definition) is 2. The van der Waals surface area contributed by atoms with Gasteiger partial charge in [0.25, 0.3) is 0 Å². The maximum Gasteiger partial charge on any atom is 0.324 e. The fourth-order valence-electron chi connectivity index (χ4n) is 1.94. The van der Waals surface area contributed by atoms with Gasteiger partial charge in [-0.3, -0.25) is 9.59 Å². The predicted molar refractivity (Wildman–Crippen MR) is 53.3 cm³/mol. The van der Waals surface area contributed by atoms with Gasteiger partial charge in [-0.25, -0.2) is 0 Å². The van der Waals surface area contributed by atoms with Crippen molar-refractivity contribution < 1.29 is 14.4 Å². The molecule has 0 N–H and O–H groups in total. The predicted octanol–water partition coefficient (Wildman–Crippen LogP) is 1.40. The van der Waals surface area contributed by atoms with Crippen molar-refractivity contribution in [2.75, 3.05) is 0 Å². The highest BCUT2D eigenvalue weighted by Crippen LogP contribution is 2.48. The monoisotopic (exact) mass is 206 g/mol. The molecule has 0 radical (unpaired) electrons. The van der Waals surface area contributed by atoms with Crippen LogP contribution in [-0.2, 0) is 9.59 Å². The van der Waals surface area contributed by atoms with E-state index in [0.29, 0.717) is 25.2 Å². The Bertz CT molecular complexity index is 348. The second-order valence-corrected chi connectivity index (χ2v) is 4.60. The molecule has 0 aromatic carbocycles. The zero-order valence-corrected chi connectivity index (χ0v) is 8.61. The quantitative estimate of drug-likeness (QED) is 0.285. The van der Waals surface area contributed by atoms with Gasteiger partial charge in [0.1, 0.15) is 5.78 Å². The van der Waals surface area contributed by atoms with E-state index in [2.05, 4.69) is 4.79 Å². The van der Waals surface area contributed by atoms with Crippen LogP contribution < -0.4 is 0 Å². The molecule has 2 aliphatic carbocycles. The molecule has 15 heavy (non-hydrogen) atoms. The molecule has 0 heterocycles. The Morgan fingerprint density at radius 1 is 1.40 bits per heavy atom. The minimum atomic E-state index is -0.804. The van der Waals surface area contributed by atoms with Crippen LogP contribution >= 0.6 is 0 Å². The number of Topliss-reactive ketones (excluding diaryl/α,β-unsaturated/α-hetero) is 2. The molecule has 0 bridgehead atoms. The second kappa shape index (κ2) is 3.70. The Morgan fingerprint density at radius 3 is 2.53 bits per heavy atom. The van der Waals surface area contributed by atoms with Gasteiger partial charge in [0.2, 0.25) is 5.78 Å². The highest BCUT2D eigenvalue weighted by atomic mass is 16.2. The van der Waals surface area contributed by atoms with Gasteiger partial charge < -0.3 is 5.53 Å². The first-order chi connectivity index (χ1) is 7.19. The molecular weight excluding hydrogens is 192 g/mol. The maximum absolute atomic E-state index is 11.8. The molecule has 0 saturated heterocycles. The van der Waals surface area contributed by atoms with E-state index in [1.165, 1.54) is 12.8 Å². The number of carbonyl (C=O) groups excluding carboxylic acids is 2. The molecule has 80 valence electrons. The van der Waals surface area contributed by atoms with Crippen LogP contribution in [-0.4, -0.2) is 22.6 Å². The van der Waals surface area contributed by atoms with Crippen LogP contribution in [0.3, 0.4) is 0 Å². The largest absolute Gasteiger partial charge is 0.361 e. The average molecular weight is 206 g/mol. The SMILES string of the molecule is [N-]=[N+]=CC(=O)C1(C(=O)CCC2CC2)CC1. The molecule has 0 atom stereocenters. The third-order valence-electron chi connectivity index (χ3n) is 3.41. The number of carbonyl (C=O) groups is 2. The molecule has 4 nitrogen and oxygen atoms in total. The number of nitrogens with zero attached hydrogens (tertiary/aromatic N) is 2. The normalized spacial score (nSPS) is 21.6. The Labute approximate surface area is 88.3 Å². The average Bonchev–Trinajstić information content (AvgIpc) is 3.08. The van der Waals surface area contributed by atoms with Crippen LogP contribution in [0.4, 0.5) is 0 Å². The molecule has 2 fully saturated rings. The Morgan fingerprint density at radius 2 is 2.07 bits per heavy atom. The molecule has 2 saturated carbocycles. The van der Waals surface area contributed by atoms with Crippen molar-refractivity contribution in [2.24, 2.45) is 11.3 Å². The second-order valence-electron chi connectivity index (χ2n) is 4.60. The molecule has 4 heteroatoms. The van der Waals surface area contributed by atoms with E-state index in [1.54, 1.807) is 0 Å². The van der Waals surface area contributed by atoms with Gasteiger partial charge in [-0.2, -0.15) is 4.79 Å². The van der Waals surface area contributed by atoms with E-state index in [-0.39, 0.29) is 11.6 Å². The molecule has 2 rings (SSSR count). The summed E-state index contributed by atoms with van der Waals surface area (Å²) in [5.41, 5.74) is 7.47. The highest BCUT2D eigenvalue weighted by molar-refractivity contribution is 6.35. The van der Waals surface area contributed by atoms with Gasteiger partial charge in [-0.15, -0.1) is 0 Å². The van der Waals surface area contributed by atoms with Crippen LogP contribution in [0.5, 0.6) is 0 Å². The van der Waals surface area contributed by atoms with Gasteiger partial charge in [-0.05, 0) is 25.2 Å². The van der Waals surface area contributed by atoms with E-state index in [4.69, 9.17) is 5.53 Å². The van der Waals surface area contributed by atoms with E-state index in [9.17, 15) is 9.59 Å². The first-order valence-corrected chi connectivity index (χ1v) is 5.44. The summed E-state index contributed by atoms with van der Waals surface area (Å²) in [6.07, 6.45) is 6.00. The Kier molecular flexibility index (Phi) is 2.53. The molecular formula is C11H14N2O2. The molecule has 0 aliphatic heterocycles. The van der Waals surface area contributed by atoms with Crippen LogP contribution in [0.1, 0.15) is 38.5 Å². The first-order valence-electron chi connectivity index (χ1n) is 5.44. The van der Waals surface area contributed by atoms with Gasteiger partial charge >= 0.3 is 6.21 Å². The summed E-state index contributed by atoms with van der Waals surface area (Å²) in [7, 11) is 0. The molecule has 0 spiro atoms. The van der Waals surface area contributed by atoms with Crippen LogP contribution in [0.25, 0.3) is 5.53 Å². The fourth-order valence-corrected chi connectivity index (χ4v) is 1.94. The number of rotatable bonds is 6. The van der Waals surface area contributed by atoms with Crippen molar-refractivity contribution in [3.63, 3.8) is 0 Å². The van der Waals surface area contributed by atoms with Crippen molar-refractivity contribution >= 4 is 17.8 Å². The van der Waals surface area contributed by atoms with Gasteiger partial charge in [0, 0.05) is 6.42 Å². The lowest BCUT2D eigenvalue weighted by molar-refractivity contribution is -0.132. The van der Waals surface area contributed by atoms with Crippen molar-refractivity contribution in [3.05, 3.63) is 5.53 Å². The summed E-state index contributed by atoms with van der Waals surface area (Å²) in [6.45, 7) is 0. The van der Waals surface area contributed by atoms with Crippen LogP contribution in [0, 0.1) is 11.3 Å². The van der Waals surface area contributed by atoms with Crippen molar-refractivity contribution in [3.8, 4) is 0 Å². The van der Waals surface area contributed by atoms with Gasteiger partial charge in [-0.1, -0.05) is 12.8 Å². The number of ketones is 2. The minimum absolute atomic E-state index is 0.0410. The smallest absolute Gasteiger partial charge is 0.324 e. The summed E-state index contributed by atoms with van der Waals surface area (Å²) < 4.78 is 0. The minimum Gasteiger partial charge on any atom is -0.361 e. The van der Waals surface area contributed by atoms with Crippen molar-refractivity contribution in [2.45, 2.75) is 38.5 Å². The third-order valence-corrected chi connectivity index (χ3v) is 3.41. The van der Waals surface area contributed by atoms with Gasteiger partial charge in [0.05, 0.1) is 5.41 Å². The third kappa shape index (κ3) is 2.05. The van der Waals surface area contributed by atoms with Crippen molar-refractivity contribution in [1.82, 2.24) is 0 Å². The summed E-state index contributed by atoms with van der Waals surface area (Å²) in [4.78, 5) is 26.0. The van der Waals surface area contributed by atoms with Crippen LogP contribution in [0.2, 0.25) is 0 Å². The lowest BCUT2D eigenvalue weighted by Crippen LogP contribution is -2.27. The topological polar surface area (TPSA) is 70.5 Å². The first kappa shape index (κ1) is 10.2. The molecule has 2 aliphatic rings. The number of hydrogen-bond donors (Lipinski definition) is 0. The zero-order valence-electron chi connectivity index (χ0n) is 8.61. The summed E-state index contributed by atoms with van der Waals surface area (Å²) in [5.74, 6) is 0.427. The molecule has 0 amide bonds. The fraction of sp³-hybridized carbons (Fsp3) is 0.727. The molecule has 0 aromatic heterocycles. The van der Waals surface area contributed by atoms with Crippen LogP contribution in [0.15, 0.2) is 0 Å². The van der Waals surface area contributed by atoms with E-state index < -0.39 is 5.41 Å². The standard InChI is InChI=1S/C11H14N2O2/c12-13-7-10(15)11(5-6-11)9(14)4-3-8-1-2-8/h7-8H,1-6H2. The zero-order chi connectivity index (χ0) is 10.9.